The van der Waals surface area contributed by atoms with Crippen LogP contribution in [0.1, 0.15) is 70.6 Å². The Morgan fingerprint density at radius 3 is 1.48 bits per heavy atom. The van der Waals surface area contributed by atoms with Gasteiger partial charge in [-0.15, -0.1) is 0 Å². The first-order valence-corrected chi connectivity index (χ1v) is 9.25. The van der Waals surface area contributed by atoms with Gasteiger partial charge in [-0.05, 0) is 31.6 Å². The van der Waals surface area contributed by atoms with Crippen molar-refractivity contribution in [3.63, 3.8) is 0 Å². The topological polar surface area (TPSA) is 27.7 Å². The first-order valence-electron chi connectivity index (χ1n) is 9.25. The Morgan fingerprint density at radius 1 is 0.524 bits per heavy atom. The van der Waals surface area contributed by atoms with Crippen LogP contribution < -0.4 is 0 Å². The normalized spacial score (nSPS) is 42.9. The van der Waals surface area contributed by atoms with Crippen LogP contribution in [0.2, 0.25) is 0 Å². The van der Waals surface area contributed by atoms with Crippen molar-refractivity contribution >= 4 is 0 Å². The van der Waals surface area contributed by atoms with Crippen molar-refractivity contribution in [1.29, 1.82) is 0 Å². The molecular formula is C18H30O3. The molecule has 3 saturated heterocycles. The van der Waals surface area contributed by atoms with Crippen LogP contribution in [0.25, 0.3) is 0 Å². The van der Waals surface area contributed by atoms with E-state index in [9.17, 15) is 0 Å². The lowest BCUT2D eigenvalue weighted by Gasteiger charge is -2.57. The molecule has 0 atom stereocenters. The van der Waals surface area contributed by atoms with E-state index in [2.05, 4.69) is 0 Å². The summed E-state index contributed by atoms with van der Waals surface area (Å²) in [5.41, 5.74) is 0.160. The van der Waals surface area contributed by atoms with Crippen molar-refractivity contribution in [1.82, 2.24) is 0 Å². The van der Waals surface area contributed by atoms with Crippen molar-refractivity contribution in [3.05, 3.63) is 0 Å². The molecule has 2 saturated carbocycles. The van der Waals surface area contributed by atoms with E-state index in [1.807, 2.05) is 0 Å². The summed E-state index contributed by atoms with van der Waals surface area (Å²) in [5, 5.41) is 0. The van der Waals surface area contributed by atoms with E-state index >= 15 is 0 Å². The van der Waals surface area contributed by atoms with Crippen molar-refractivity contribution in [3.8, 4) is 0 Å². The molecule has 0 amide bonds. The van der Waals surface area contributed by atoms with E-state index in [0.717, 1.165) is 25.7 Å². The molecule has 0 aromatic rings. The molecule has 3 aliphatic heterocycles. The van der Waals surface area contributed by atoms with Gasteiger partial charge in [-0.2, -0.15) is 0 Å². The molecular weight excluding hydrogens is 264 g/mol. The Balaban J connectivity index is 1.44. The zero-order valence-electron chi connectivity index (χ0n) is 13.3. The van der Waals surface area contributed by atoms with Gasteiger partial charge < -0.3 is 14.2 Å². The average molecular weight is 294 g/mol. The van der Waals surface area contributed by atoms with Gasteiger partial charge >= 0.3 is 0 Å². The van der Waals surface area contributed by atoms with E-state index < -0.39 is 5.97 Å². The number of rotatable bonds is 2. The SMILES string of the molecule is C1CCC(C23COC(C4CCCCCC4)(OC2)OC3)CC1. The van der Waals surface area contributed by atoms with Crippen molar-refractivity contribution in [2.24, 2.45) is 17.3 Å². The van der Waals surface area contributed by atoms with E-state index in [0.29, 0.717) is 5.92 Å². The fourth-order valence-electron chi connectivity index (χ4n) is 5.04. The van der Waals surface area contributed by atoms with E-state index in [4.69, 9.17) is 14.2 Å². The summed E-state index contributed by atoms with van der Waals surface area (Å²) in [6, 6.07) is 0. The van der Waals surface area contributed by atoms with Gasteiger partial charge in [-0.3, -0.25) is 0 Å². The monoisotopic (exact) mass is 294 g/mol. The Bertz CT molecular complexity index is 329. The molecule has 5 rings (SSSR count). The first-order chi connectivity index (χ1) is 10.3. The highest BCUT2D eigenvalue weighted by Gasteiger charge is 2.58. The van der Waals surface area contributed by atoms with Gasteiger partial charge in [-0.25, -0.2) is 0 Å². The lowest BCUT2D eigenvalue weighted by molar-refractivity contribution is -0.492. The fourth-order valence-corrected chi connectivity index (χ4v) is 5.04. The number of hydrogen-bond acceptors (Lipinski definition) is 3. The smallest absolute Gasteiger partial charge is 0.285 e. The molecule has 0 N–H and O–H groups in total. The molecule has 2 bridgehead atoms. The van der Waals surface area contributed by atoms with Gasteiger partial charge in [0.2, 0.25) is 0 Å². The second-order valence-electron chi connectivity index (χ2n) is 7.86. The highest BCUT2D eigenvalue weighted by atomic mass is 16.9. The van der Waals surface area contributed by atoms with E-state index in [-0.39, 0.29) is 5.41 Å². The zero-order valence-corrected chi connectivity index (χ0v) is 13.3. The predicted molar refractivity (Wildman–Crippen MR) is 80.8 cm³/mol. The Morgan fingerprint density at radius 2 is 0.952 bits per heavy atom. The summed E-state index contributed by atoms with van der Waals surface area (Å²) >= 11 is 0. The van der Waals surface area contributed by atoms with Crippen LogP contribution in [0, 0.1) is 17.3 Å². The average Bonchev–Trinajstić information content (AvgIpc) is 2.87. The summed E-state index contributed by atoms with van der Waals surface area (Å²) in [5.74, 6) is 0.518. The minimum atomic E-state index is -0.680. The third-order valence-corrected chi connectivity index (χ3v) is 6.51. The summed E-state index contributed by atoms with van der Waals surface area (Å²) < 4.78 is 18.8. The molecule has 3 nitrogen and oxygen atoms in total. The molecule has 0 radical (unpaired) electrons. The van der Waals surface area contributed by atoms with Crippen LogP contribution >= 0.6 is 0 Å². The minimum Gasteiger partial charge on any atom is -0.326 e. The van der Waals surface area contributed by atoms with Crippen LogP contribution in [0.3, 0.4) is 0 Å². The maximum Gasteiger partial charge on any atom is 0.285 e. The van der Waals surface area contributed by atoms with Crippen molar-refractivity contribution in [2.75, 3.05) is 19.8 Å². The van der Waals surface area contributed by atoms with Gasteiger partial charge in [0.15, 0.2) is 0 Å². The molecule has 120 valence electrons. The highest BCUT2D eigenvalue weighted by Crippen LogP contribution is 2.51. The molecule has 0 spiro atoms. The molecule has 0 unspecified atom stereocenters. The van der Waals surface area contributed by atoms with Crippen LogP contribution in [-0.2, 0) is 14.2 Å². The largest absolute Gasteiger partial charge is 0.326 e. The molecule has 5 aliphatic rings. The minimum absolute atomic E-state index is 0.160. The summed E-state index contributed by atoms with van der Waals surface area (Å²) in [7, 11) is 0. The van der Waals surface area contributed by atoms with Crippen molar-refractivity contribution in [2.45, 2.75) is 76.6 Å². The van der Waals surface area contributed by atoms with Crippen LogP contribution in [0.4, 0.5) is 0 Å². The second-order valence-corrected chi connectivity index (χ2v) is 7.86. The Hall–Kier alpha value is -0.120. The molecule has 3 heteroatoms. The third-order valence-electron chi connectivity index (χ3n) is 6.51. The van der Waals surface area contributed by atoms with Crippen LogP contribution in [0.5, 0.6) is 0 Å². The van der Waals surface area contributed by atoms with Gasteiger partial charge in [0.1, 0.15) is 0 Å². The predicted octanol–water partition coefficient (Wildman–Crippen LogP) is 4.25. The molecule has 3 heterocycles. The standard InChI is InChI=1S/C18H30O3/c1-2-5-11-16(10-4-1)18-19-12-17(13-20-18,14-21-18)15-8-6-3-7-9-15/h15-16H,1-14H2. The summed E-state index contributed by atoms with van der Waals surface area (Å²) in [4.78, 5) is 0. The fraction of sp³-hybridized carbons (Fsp3) is 1.00. The maximum absolute atomic E-state index is 6.27. The zero-order chi connectivity index (χ0) is 14.2. The molecule has 5 fully saturated rings. The third kappa shape index (κ3) is 2.55. The second kappa shape index (κ2) is 5.82. The van der Waals surface area contributed by atoms with Gasteiger partial charge in [0.05, 0.1) is 19.8 Å². The molecule has 21 heavy (non-hydrogen) atoms. The highest BCUT2D eigenvalue weighted by molar-refractivity contribution is 4.96. The van der Waals surface area contributed by atoms with E-state index in [1.165, 1.54) is 70.6 Å². The Kier molecular flexibility index (Phi) is 4.01. The van der Waals surface area contributed by atoms with Crippen LogP contribution in [-0.4, -0.2) is 25.8 Å². The van der Waals surface area contributed by atoms with Crippen LogP contribution in [0.15, 0.2) is 0 Å². The number of hydrogen-bond donors (Lipinski definition) is 0. The summed E-state index contributed by atoms with van der Waals surface area (Å²) in [6.07, 6.45) is 14.6. The number of fused-ring (bicyclic) bond motifs is 3. The van der Waals surface area contributed by atoms with E-state index in [1.54, 1.807) is 0 Å². The quantitative estimate of drug-likeness (QED) is 0.712. The van der Waals surface area contributed by atoms with Gasteiger partial charge in [-0.1, -0.05) is 44.9 Å². The van der Waals surface area contributed by atoms with Gasteiger partial charge in [0.25, 0.3) is 5.97 Å². The lowest BCUT2D eigenvalue weighted by Crippen LogP contribution is -2.65. The van der Waals surface area contributed by atoms with Gasteiger partial charge in [0, 0.05) is 11.3 Å². The lowest BCUT2D eigenvalue weighted by atomic mass is 9.68. The molecule has 0 aromatic heterocycles. The molecule has 0 aromatic carbocycles. The first kappa shape index (κ1) is 14.5. The van der Waals surface area contributed by atoms with Crippen molar-refractivity contribution < 1.29 is 14.2 Å². The number of ether oxygens (including phenoxy) is 3. The maximum atomic E-state index is 6.27. The Labute approximate surface area is 128 Å². The molecule has 2 aliphatic carbocycles. The summed E-state index contributed by atoms with van der Waals surface area (Å²) in [6.45, 7) is 2.61.